The van der Waals surface area contributed by atoms with Crippen molar-refractivity contribution in [3.63, 3.8) is 0 Å². The van der Waals surface area contributed by atoms with Crippen LogP contribution in [0.3, 0.4) is 0 Å². The molecule has 20 heavy (non-hydrogen) atoms. The third kappa shape index (κ3) is 3.29. The van der Waals surface area contributed by atoms with Gasteiger partial charge < -0.3 is 4.42 Å². The molecule has 1 fully saturated rings. The molecule has 0 bridgehead atoms. The molecule has 0 aromatic carbocycles. The first kappa shape index (κ1) is 15.7. The molecular weight excluding hydrogens is 319 g/mol. The van der Waals surface area contributed by atoms with Gasteiger partial charge in [0.25, 0.3) is 0 Å². The van der Waals surface area contributed by atoms with Crippen molar-refractivity contribution < 1.29 is 26.0 Å². The Labute approximate surface area is 119 Å². The first-order valence-electron chi connectivity index (χ1n) is 5.89. The predicted octanol–water partition coefficient (Wildman–Crippen LogP) is 3.04. The highest BCUT2D eigenvalue weighted by Crippen LogP contribution is 2.36. The lowest BCUT2D eigenvalue weighted by molar-refractivity contribution is -0.137. The third-order valence-electron chi connectivity index (χ3n) is 2.93. The van der Waals surface area contributed by atoms with Crippen LogP contribution < -0.4 is 0 Å². The molecule has 0 spiro atoms. The smallest absolute Gasteiger partial charge is 0.402 e. The van der Waals surface area contributed by atoms with Gasteiger partial charge in [-0.3, -0.25) is 0 Å². The number of hydrogen-bond donors (Lipinski definition) is 0. The maximum atomic E-state index is 12.6. The van der Waals surface area contributed by atoms with Gasteiger partial charge in [-0.25, -0.2) is 8.42 Å². The number of halogens is 4. The summed E-state index contributed by atoms with van der Waals surface area (Å²) in [5.41, 5.74) is 0. The Balaban J connectivity index is 2.37. The summed E-state index contributed by atoms with van der Waals surface area (Å²) < 4.78 is 68.0. The van der Waals surface area contributed by atoms with Crippen LogP contribution in [0.25, 0.3) is 0 Å². The second-order valence-corrected chi connectivity index (χ2v) is 6.79. The zero-order chi connectivity index (χ0) is 15.1. The Morgan fingerprint density at radius 2 is 2.05 bits per heavy atom. The molecule has 9 heteroatoms. The maximum Gasteiger partial charge on any atom is 0.402 e. The standard InChI is InChI=1S/C11H13ClF3NO3S/c1-7-10(4-9(5-12)19-7)20(17,18)16(8-2-3-8)6-11(13,14)15/h4,8H,2-3,5-6H2,1H3. The number of nitrogens with zero attached hydrogens (tertiary/aromatic N) is 1. The average Bonchev–Trinajstić information content (AvgIpc) is 3.07. The van der Waals surface area contributed by atoms with Gasteiger partial charge >= 0.3 is 6.18 Å². The van der Waals surface area contributed by atoms with E-state index in [4.69, 9.17) is 16.0 Å². The van der Waals surface area contributed by atoms with E-state index >= 15 is 0 Å². The fraction of sp³-hybridized carbons (Fsp3) is 0.636. The highest BCUT2D eigenvalue weighted by atomic mass is 35.5. The Hall–Kier alpha value is -0.730. The van der Waals surface area contributed by atoms with E-state index < -0.39 is 28.8 Å². The summed E-state index contributed by atoms with van der Waals surface area (Å²) in [7, 11) is -4.23. The molecule has 1 aromatic rings. The van der Waals surface area contributed by atoms with Gasteiger partial charge in [0.05, 0.1) is 5.88 Å². The molecule has 0 aliphatic heterocycles. The van der Waals surface area contributed by atoms with E-state index in [1.54, 1.807) is 0 Å². The summed E-state index contributed by atoms with van der Waals surface area (Å²) in [4.78, 5) is -0.246. The highest BCUT2D eigenvalue weighted by Gasteiger charge is 2.45. The fourth-order valence-electron chi connectivity index (χ4n) is 1.92. The van der Waals surface area contributed by atoms with Crippen molar-refractivity contribution in [3.8, 4) is 0 Å². The molecule has 1 aliphatic carbocycles. The lowest BCUT2D eigenvalue weighted by atomic mass is 10.4. The first-order valence-corrected chi connectivity index (χ1v) is 7.86. The van der Waals surface area contributed by atoms with Crippen molar-refractivity contribution in [2.24, 2.45) is 0 Å². The lowest BCUT2D eigenvalue weighted by Gasteiger charge is -2.22. The molecule has 1 heterocycles. The summed E-state index contributed by atoms with van der Waals surface area (Å²) in [5.74, 6) is 0.220. The van der Waals surface area contributed by atoms with Crippen LogP contribution >= 0.6 is 11.6 Å². The quantitative estimate of drug-likeness (QED) is 0.779. The summed E-state index contributed by atoms with van der Waals surface area (Å²) in [6.45, 7) is -0.0948. The topological polar surface area (TPSA) is 50.5 Å². The van der Waals surface area contributed by atoms with Crippen molar-refractivity contribution in [2.45, 2.75) is 42.8 Å². The molecular formula is C11H13ClF3NO3S. The van der Waals surface area contributed by atoms with Crippen molar-refractivity contribution >= 4 is 21.6 Å². The summed E-state index contributed by atoms with van der Waals surface area (Å²) in [6.07, 6.45) is -3.70. The molecule has 4 nitrogen and oxygen atoms in total. The van der Waals surface area contributed by atoms with Crippen molar-refractivity contribution in [3.05, 3.63) is 17.6 Å². The van der Waals surface area contributed by atoms with Crippen molar-refractivity contribution in [1.82, 2.24) is 4.31 Å². The van der Waals surface area contributed by atoms with E-state index in [0.29, 0.717) is 17.1 Å². The third-order valence-corrected chi connectivity index (χ3v) is 5.20. The van der Waals surface area contributed by atoms with Crippen LogP contribution in [-0.4, -0.2) is 31.5 Å². The van der Waals surface area contributed by atoms with E-state index in [2.05, 4.69) is 0 Å². The SMILES string of the molecule is Cc1oc(CCl)cc1S(=O)(=O)N(CC(F)(F)F)C1CC1. The zero-order valence-electron chi connectivity index (χ0n) is 10.6. The molecule has 1 aliphatic rings. The second kappa shape index (κ2) is 5.23. The average molecular weight is 332 g/mol. The Morgan fingerprint density at radius 3 is 2.45 bits per heavy atom. The molecule has 0 amide bonds. The van der Waals surface area contributed by atoms with Crippen LogP contribution in [0.2, 0.25) is 0 Å². The molecule has 2 rings (SSSR count). The fourth-order valence-corrected chi connectivity index (χ4v) is 3.91. The van der Waals surface area contributed by atoms with E-state index in [-0.39, 0.29) is 22.3 Å². The number of sulfonamides is 1. The molecule has 1 aromatic heterocycles. The van der Waals surface area contributed by atoms with Crippen LogP contribution in [0, 0.1) is 6.92 Å². The summed E-state index contributed by atoms with van der Waals surface area (Å²) in [5, 5.41) is 0. The number of furan rings is 1. The van der Waals surface area contributed by atoms with Gasteiger partial charge in [0.1, 0.15) is 23.0 Å². The zero-order valence-corrected chi connectivity index (χ0v) is 12.1. The minimum absolute atomic E-state index is 0.0426. The van der Waals surface area contributed by atoms with E-state index in [9.17, 15) is 21.6 Å². The summed E-state index contributed by atoms with van der Waals surface area (Å²) in [6, 6.07) is 0.596. The van der Waals surface area contributed by atoms with Crippen molar-refractivity contribution in [2.75, 3.05) is 6.54 Å². The van der Waals surface area contributed by atoms with E-state index in [1.807, 2.05) is 0 Å². The molecule has 1 saturated carbocycles. The normalized spacial score (nSPS) is 16.9. The van der Waals surface area contributed by atoms with E-state index in [1.165, 1.54) is 13.0 Å². The predicted molar refractivity (Wildman–Crippen MR) is 66.0 cm³/mol. The van der Waals surface area contributed by atoms with Crippen molar-refractivity contribution in [1.29, 1.82) is 0 Å². The molecule has 114 valence electrons. The molecule has 0 unspecified atom stereocenters. The minimum Gasteiger partial charge on any atom is -0.464 e. The molecule has 0 N–H and O–H groups in total. The largest absolute Gasteiger partial charge is 0.464 e. The molecule has 0 radical (unpaired) electrons. The molecule has 0 atom stereocenters. The Morgan fingerprint density at radius 1 is 1.45 bits per heavy atom. The van der Waals surface area contributed by atoms with Crippen LogP contribution in [0.1, 0.15) is 24.4 Å². The maximum absolute atomic E-state index is 12.6. The second-order valence-electron chi connectivity index (χ2n) is 4.66. The van der Waals surface area contributed by atoms with E-state index in [0.717, 1.165) is 0 Å². The van der Waals surface area contributed by atoms with Gasteiger partial charge in [-0.15, -0.1) is 11.6 Å². The van der Waals surface area contributed by atoms with Gasteiger partial charge in [-0.1, -0.05) is 0 Å². The molecule has 0 saturated heterocycles. The summed E-state index contributed by atoms with van der Waals surface area (Å²) >= 11 is 5.54. The number of hydrogen-bond acceptors (Lipinski definition) is 3. The first-order chi connectivity index (χ1) is 9.15. The number of alkyl halides is 4. The van der Waals surface area contributed by atoms with Crippen LogP contribution in [0.5, 0.6) is 0 Å². The van der Waals surface area contributed by atoms with Gasteiger partial charge in [0, 0.05) is 12.1 Å². The van der Waals surface area contributed by atoms with Gasteiger partial charge in [0.15, 0.2) is 0 Å². The van der Waals surface area contributed by atoms with Crippen LogP contribution in [-0.2, 0) is 15.9 Å². The Bertz CT molecular complexity index is 593. The lowest BCUT2D eigenvalue weighted by Crippen LogP contribution is -2.40. The highest BCUT2D eigenvalue weighted by molar-refractivity contribution is 7.89. The van der Waals surface area contributed by atoms with Crippen LogP contribution in [0.15, 0.2) is 15.4 Å². The van der Waals surface area contributed by atoms with Crippen LogP contribution in [0.4, 0.5) is 13.2 Å². The number of aryl methyl sites for hydroxylation is 1. The minimum atomic E-state index is -4.58. The van der Waals surface area contributed by atoms with Gasteiger partial charge in [-0.05, 0) is 19.8 Å². The van der Waals surface area contributed by atoms with Gasteiger partial charge in [0.2, 0.25) is 10.0 Å². The monoisotopic (exact) mass is 331 g/mol. The van der Waals surface area contributed by atoms with Gasteiger partial charge in [-0.2, -0.15) is 17.5 Å². The Kier molecular flexibility index (Phi) is 4.10. The number of rotatable bonds is 5.